The van der Waals surface area contributed by atoms with E-state index in [1.807, 2.05) is 42.2 Å². The summed E-state index contributed by atoms with van der Waals surface area (Å²) in [7, 11) is 0. The van der Waals surface area contributed by atoms with Gasteiger partial charge in [-0.3, -0.25) is 4.79 Å². The highest BCUT2D eigenvalue weighted by Gasteiger charge is 2.39. The van der Waals surface area contributed by atoms with Crippen molar-refractivity contribution in [3.63, 3.8) is 0 Å². The predicted octanol–water partition coefficient (Wildman–Crippen LogP) is 6.20. The largest absolute Gasteiger partial charge is 0.490 e. The van der Waals surface area contributed by atoms with E-state index >= 15 is 0 Å². The first-order valence-corrected chi connectivity index (χ1v) is 14.0. The summed E-state index contributed by atoms with van der Waals surface area (Å²) in [5.74, 6) is -0.593. The van der Waals surface area contributed by atoms with Gasteiger partial charge in [0.05, 0.1) is 11.7 Å². The molecule has 3 atom stereocenters. The smallest absolute Gasteiger partial charge is 0.225 e. The molecule has 9 heteroatoms. The van der Waals surface area contributed by atoms with Crippen LogP contribution in [0.1, 0.15) is 43.2 Å². The maximum absolute atomic E-state index is 13.8. The lowest BCUT2D eigenvalue weighted by Crippen LogP contribution is -2.49. The number of piperidine rings is 2. The molecule has 2 aliphatic rings. The number of hydrogen-bond acceptors (Lipinski definition) is 5. The summed E-state index contributed by atoms with van der Waals surface area (Å²) in [6.45, 7) is 4.56. The molecule has 3 aromatic rings. The van der Waals surface area contributed by atoms with Gasteiger partial charge in [-0.2, -0.15) is 5.26 Å². The number of aromatic nitrogens is 1. The molecular formula is C31H31ClF2N4O2. The van der Waals surface area contributed by atoms with Crippen LogP contribution in [0.5, 0.6) is 5.75 Å². The molecule has 2 aromatic carbocycles. The Morgan fingerprint density at radius 2 is 1.80 bits per heavy atom. The standard InChI is InChI=1S/C31H31ClF2N4O2/c1-20(40-25-7-8-28(33)29(34)16-25)26-12-15-38(19-27(26)22-3-5-24(32)6-4-22)31(39)23-10-13-37(14-11-23)30-9-2-21(17-35)18-36-30/h2-9,16,18,20,23,26-27H,10-15,19H2,1H3. The van der Waals surface area contributed by atoms with Crippen LogP contribution in [0, 0.1) is 34.8 Å². The quantitative estimate of drug-likeness (QED) is 0.356. The van der Waals surface area contributed by atoms with E-state index in [2.05, 4.69) is 16.0 Å². The number of ether oxygens (including phenoxy) is 1. The number of benzene rings is 2. The van der Waals surface area contributed by atoms with Gasteiger partial charge in [-0.25, -0.2) is 13.8 Å². The lowest BCUT2D eigenvalue weighted by atomic mass is 9.77. The van der Waals surface area contributed by atoms with E-state index in [1.54, 1.807) is 12.3 Å². The Balaban J connectivity index is 1.26. The van der Waals surface area contributed by atoms with E-state index in [1.165, 1.54) is 6.07 Å². The first-order valence-electron chi connectivity index (χ1n) is 13.6. The predicted molar refractivity (Wildman–Crippen MR) is 149 cm³/mol. The highest BCUT2D eigenvalue weighted by molar-refractivity contribution is 6.30. The number of hydrogen-bond donors (Lipinski definition) is 0. The van der Waals surface area contributed by atoms with E-state index in [4.69, 9.17) is 21.6 Å². The van der Waals surface area contributed by atoms with Crippen molar-refractivity contribution in [3.8, 4) is 11.8 Å². The van der Waals surface area contributed by atoms with E-state index in [0.29, 0.717) is 23.7 Å². The van der Waals surface area contributed by atoms with Crippen molar-refractivity contribution in [1.82, 2.24) is 9.88 Å². The van der Waals surface area contributed by atoms with Gasteiger partial charge in [-0.05, 0) is 68.1 Å². The van der Waals surface area contributed by atoms with Gasteiger partial charge in [0.1, 0.15) is 17.6 Å². The molecule has 208 valence electrons. The maximum Gasteiger partial charge on any atom is 0.225 e. The van der Waals surface area contributed by atoms with Crippen LogP contribution >= 0.6 is 11.6 Å². The Bertz CT molecular complexity index is 1370. The van der Waals surface area contributed by atoms with Gasteiger partial charge in [0.2, 0.25) is 5.91 Å². The summed E-state index contributed by atoms with van der Waals surface area (Å²) in [5.41, 5.74) is 1.59. The van der Waals surface area contributed by atoms with E-state index in [0.717, 1.165) is 55.9 Å². The second-order valence-corrected chi connectivity index (χ2v) is 11.0. The summed E-state index contributed by atoms with van der Waals surface area (Å²) < 4.78 is 33.3. The molecule has 2 saturated heterocycles. The number of halogens is 3. The molecule has 40 heavy (non-hydrogen) atoms. The zero-order chi connectivity index (χ0) is 28.2. The molecule has 0 saturated carbocycles. The zero-order valence-electron chi connectivity index (χ0n) is 22.3. The molecule has 2 aliphatic heterocycles. The Morgan fingerprint density at radius 3 is 2.45 bits per heavy atom. The molecule has 3 heterocycles. The molecule has 0 spiro atoms. The minimum absolute atomic E-state index is 0.00167. The summed E-state index contributed by atoms with van der Waals surface area (Å²) in [4.78, 5) is 22.2. The summed E-state index contributed by atoms with van der Waals surface area (Å²) in [6, 6.07) is 16.9. The van der Waals surface area contributed by atoms with Crippen molar-refractivity contribution in [2.75, 3.05) is 31.1 Å². The number of amides is 1. The van der Waals surface area contributed by atoms with Crippen LogP contribution in [-0.4, -0.2) is 48.1 Å². The van der Waals surface area contributed by atoms with Gasteiger partial charge in [0.15, 0.2) is 11.6 Å². The number of pyridine rings is 1. The minimum atomic E-state index is -0.944. The monoisotopic (exact) mass is 564 g/mol. The van der Waals surface area contributed by atoms with Gasteiger partial charge < -0.3 is 14.5 Å². The fraction of sp³-hybridized carbons (Fsp3) is 0.387. The van der Waals surface area contributed by atoms with Gasteiger partial charge in [-0.1, -0.05) is 23.7 Å². The average molecular weight is 565 g/mol. The van der Waals surface area contributed by atoms with Crippen LogP contribution in [0.2, 0.25) is 5.02 Å². The summed E-state index contributed by atoms with van der Waals surface area (Å²) in [5, 5.41) is 9.65. The SMILES string of the molecule is CC(Oc1ccc(F)c(F)c1)C1CCN(C(=O)C2CCN(c3ccc(C#N)cn3)CC2)CC1c1ccc(Cl)cc1. The molecule has 0 bridgehead atoms. The highest BCUT2D eigenvalue weighted by atomic mass is 35.5. The highest BCUT2D eigenvalue weighted by Crippen LogP contribution is 2.38. The summed E-state index contributed by atoms with van der Waals surface area (Å²) in [6.07, 6.45) is 3.48. The van der Waals surface area contributed by atoms with Crippen LogP contribution in [0.15, 0.2) is 60.8 Å². The van der Waals surface area contributed by atoms with Crippen LogP contribution in [0.25, 0.3) is 0 Å². The third-order valence-electron chi connectivity index (χ3n) is 8.14. The van der Waals surface area contributed by atoms with Crippen molar-refractivity contribution >= 4 is 23.3 Å². The van der Waals surface area contributed by atoms with E-state index in [-0.39, 0.29) is 35.5 Å². The third kappa shape index (κ3) is 6.20. The van der Waals surface area contributed by atoms with Crippen LogP contribution in [0.3, 0.4) is 0 Å². The number of likely N-dealkylation sites (tertiary alicyclic amines) is 1. The molecular weight excluding hydrogens is 534 g/mol. The van der Waals surface area contributed by atoms with Crippen molar-refractivity contribution < 1.29 is 18.3 Å². The molecule has 2 fully saturated rings. The van der Waals surface area contributed by atoms with Crippen molar-refractivity contribution in [1.29, 1.82) is 5.26 Å². The van der Waals surface area contributed by atoms with Crippen LogP contribution in [0.4, 0.5) is 14.6 Å². The molecule has 0 radical (unpaired) electrons. The first kappa shape index (κ1) is 27.9. The molecule has 1 aromatic heterocycles. The number of anilines is 1. The Morgan fingerprint density at radius 1 is 1.05 bits per heavy atom. The molecule has 5 rings (SSSR count). The molecule has 1 amide bonds. The normalized spacial score (nSPS) is 20.6. The number of carbonyl (C=O) groups excluding carboxylic acids is 1. The van der Waals surface area contributed by atoms with Crippen LogP contribution in [-0.2, 0) is 4.79 Å². The third-order valence-corrected chi connectivity index (χ3v) is 8.39. The van der Waals surface area contributed by atoms with E-state index < -0.39 is 11.6 Å². The topological polar surface area (TPSA) is 69.5 Å². The number of nitriles is 1. The maximum atomic E-state index is 13.8. The second kappa shape index (κ2) is 12.2. The number of carbonyl (C=O) groups is 1. The minimum Gasteiger partial charge on any atom is -0.490 e. The van der Waals surface area contributed by atoms with Gasteiger partial charge in [0.25, 0.3) is 0 Å². The lowest BCUT2D eigenvalue weighted by molar-refractivity contribution is -0.138. The lowest BCUT2D eigenvalue weighted by Gasteiger charge is -2.43. The Labute approximate surface area is 238 Å². The van der Waals surface area contributed by atoms with Crippen LogP contribution < -0.4 is 9.64 Å². The molecule has 3 unspecified atom stereocenters. The Hall–Kier alpha value is -3.70. The Kier molecular flexibility index (Phi) is 8.51. The fourth-order valence-electron chi connectivity index (χ4n) is 5.90. The van der Waals surface area contributed by atoms with Crippen molar-refractivity contribution in [3.05, 3.63) is 88.6 Å². The molecule has 0 N–H and O–H groups in total. The fourth-order valence-corrected chi connectivity index (χ4v) is 6.03. The number of nitrogens with zero attached hydrogens (tertiary/aromatic N) is 4. The van der Waals surface area contributed by atoms with E-state index in [9.17, 15) is 13.6 Å². The average Bonchev–Trinajstić information content (AvgIpc) is 2.99. The van der Waals surface area contributed by atoms with Gasteiger partial charge in [-0.15, -0.1) is 0 Å². The zero-order valence-corrected chi connectivity index (χ0v) is 23.0. The second-order valence-electron chi connectivity index (χ2n) is 10.6. The van der Waals surface area contributed by atoms with Crippen molar-refractivity contribution in [2.45, 2.75) is 38.2 Å². The van der Waals surface area contributed by atoms with Gasteiger partial charge >= 0.3 is 0 Å². The molecule has 0 aliphatic carbocycles. The molecule has 6 nitrogen and oxygen atoms in total. The number of rotatable bonds is 6. The van der Waals surface area contributed by atoms with Crippen molar-refractivity contribution in [2.24, 2.45) is 11.8 Å². The van der Waals surface area contributed by atoms with Gasteiger partial charge in [0, 0.05) is 61.2 Å². The first-order chi connectivity index (χ1) is 19.3. The summed E-state index contributed by atoms with van der Waals surface area (Å²) >= 11 is 6.16.